The van der Waals surface area contributed by atoms with Gasteiger partial charge in [-0.2, -0.15) is 0 Å². The van der Waals surface area contributed by atoms with Gasteiger partial charge in [0.15, 0.2) is 0 Å². The molecule has 1 heterocycles. The van der Waals surface area contributed by atoms with Gasteiger partial charge in [-0.25, -0.2) is 0 Å². The van der Waals surface area contributed by atoms with Gasteiger partial charge in [-0.1, -0.05) is 18.2 Å². The van der Waals surface area contributed by atoms with E-state index < -0.39 is 0 Å². The molecule has 0 aromatic heterocycles. The smallest absolute Gasteiger partial charge is 0.243 e. The van der Waals surface area contributed by atoms with Gasteiger partial charge in [-0.3, -0.25) is 4.79 Å². The number of para-hydroxylation sites is 1. The highest BCUT2D eigenvalue weighted by Crippen LogP contribution is 2.55. The summed E-state index contributed by atoms with van der Waals surface area (Å²) in [5.74, 6) is 0.184. The van der Waals surface area contributed by atoms with Crippen molar-refractivity contribution in [3.63, 3.8) is 0 Å². The van der Waals surface area contributed by atoms with Gasteiger partial charge in [0.2, 0.25) is 5.91 Å². The number of carbonyl (C=O) groups excluding carboxylic acids is 1. The summed E-state index contributed by atoms with van der Waals surface area (Å²) in [6.07, 6.45) is 3.36. The number of hydrogen-bond acceptors (Lipinski definition) is 2. The molecule has 1 aromatic carbocycles. The van der Waals surface area contributed by atoms with Crippen LogP contribution in [-0.2, 0) is 10.2 Å². The third-order valence-corrected chi connectivity index (χ3v) is 4.26. The summed E-state index contributed by atoms with van der Waals surface area (Å²) in [5.41, 5.74) is 2.70. The van der Waals surface area contributed by atoms with E-state index in [1.807, 2.05) is 25.1 Å². The molecule has 90 valence electrons. The molecule has 1 saturated carbocycles. The first-order valence-electron chi connectivity index (χ1n) is 6.22. The summed E-state index contributed by atoms with van der Waals surface area (Å²) < 4.78 is 0. The number of benzene rings is 1. The van der Waals surface area contributed by atoms with E-state index in [0.29, 0.717) is 0 Å². The molecule has 1 atom stereocenters. The summed E-state index contributed by atoms with van der Waals surface area (Å²) in [7, 11) is 3.76. The van der Waals surface area contributed by atoms with Gasteiger partial charge in [-0.15, -0.1) is 0 Å². The summed E-state index contributed by atoms with van der Waals surface area (Å²) in [5, 5.41) is 3.16. The number of anilines is 1. The van der Waals surface area contributed by atoms with Crippen LogP contribution in [0.25, 0.3) is 0 Å². The van der Waals surface area contributed by atoms with Crippen LogP contribution < -0.4 is 10.2 Å². The van der Waals surface area contributed by atoms with Gasteiger partial charge < -0.3 is 10.2 Å². The minimum atomic E-state index is -0.0464. The average Bonchev–Trinajstić information content (AvgIpc) is 3.15. The highest BCUT2D eigenvalue weighted by Gasteiger charge is 2.50. The fourth-order valence-corrected chi connectivity index (χ4v) is 3.00. The first-order valence-corrected chi connectivity index (χ1v) is 6.22. The molecule has 1 amide bonds. The zero-order valence-corrected chi connectivity index (χ0v) is 10.4. The SMILES string of the molecule is CNC1CC2(CC2)c2ccccc2N(C)C1=O. The Morgan fingerprint density at radius 2 is 2.06 bits per heavy atom. The van der Waals surface area contributed by atoms with Crippen molar-refractivity contribution in [2.45, 2.75) is 30.7 Å². The standard InChI is InChI=1S/C14H18N2O/c1-15-11-9-14(7-8-14)10-5-3-4-6-12(10)16(2)13(11)17/h3-6,11,15H,7-9H2,1-2H3. The number of likely N-dealkylation sites (N-methyl/N-ethyl adjacent to an activating group) is 2. The molecular weight excluding hydrogens is 212 g/mol. The van der Waals surface area contributed by atoms with E-state index in [2.05, 4.69) is 23.5 Å². The summed E-state index contributed by atoms with van der Waals surface area (Å²) in [6.45, 7) is 0. The van der Waals surface area contributed by atoms with Crippen molar-refractivity contribution in [1.82, 2.24) is 5.32 Å². The first kappa shape index (κ1) is 10.8. The molecule has 17 heavy (non-hydrogen) atoms. The Hall–Kier alpha value is -1.35. The van der Waals surface area contributed by atoms with Crippen molar-refractivity contribution < 1.29 is 4.79 Å². The number of rotatable bonds is 1. The number of carbonyl (C=O) groups is 1. The monoisotopic (exact) mass is 230 g/mol. The molecule has 3 rings (SSSR count). The third-order valence-electron chi connectivity index (χ3n) is 4.26. The minimum Gasteiger partial charge on any atom is -0.314 e. The second kappa shape index (κ2) is 3.57. The second-order valence-corrected chi connectivity index (χ2v) is 5.24. The Morgan fingerprint density at radius 1 is 1.35 bits per heavy atom. The zero-order chi connectivity index (χ0) is 12.0. The number of nitrogens with one attached hydrogen (secondary N) is 1. The van der Waals surface area contributed by atoms with Crippen molar-refractivity contribution >= 4 is 11.6 Å². The van der Waals surface area contributed by atoms with Crippen LogP contribution in [-0.4, -0.2) is 26.0 Å². The Labute approximate surface area is 102 Å². The summed E-state index contributed by atoms with van der Waals surface area (Å²) in [6, 6.07) is 8.29. The van der Waals surface area contributed by atoms with Gasteiger partial charge >= 0.3 is 0 Å². The predicted molar refractivity (Wildman–Crippen MR) is 68.2 cm³/mol. The summed E-state index contributed by atoms with van der Waals surface area (Å²) >= 11 is 0. The molecule has 1 aliphatic carbocycles. The molecule has 3 heteroatoms. The van der Waals surface area contributed by atoms with Crippen LogP contribution in [0.1, 0.15) is 24.8 Å². The fourth-order valence-electron chi connectivity index (χ4n) is 3.00. The van der Waals surface area contributed by atoms with Gasteiger partial charge in [-0.05, 0) is 43.4 Å². The van der Waals surface area contributed by atoms with Crippen LogP contribution >= 0.6 is 0 Å². The van der Waals surface area contributed by atoms with E-state index in [9.17, 15) is 4.79 Å². The van der Waals surface area contributed by atoms with Crippen molar-refractivity contribution in [3.8, 4) is 0 Å². The molecule has 3 nitrogen and oxygen atoms in total. The van der Waals surface area contributed by atoms with Crippen LogP contribution in [0.3, 0.4) is 0 Å². The molecule has 1 fully saturated rings. The largest absolute Gasteiger partial charge is 0.314 e. The second-order valence-electron chi connectivity index (χ2n) is 5.24. The molecular formula is C14H18N2O. The van der Waals surface area contributed by atoms with E-state index in [0.717, 1.165) is 12.1 Å². The van der Waals surface area contributed by atoms with Crippen LogP contribution in [0, 0.1) is 0 Å². The lowest BCUT2D eigenvalue weighted by Crippen LogP contribution is -2.43. The Kier molecular flexibility index (Phi) is 2.26. The van der Waals surface area contributed by atoms with Crippen LogP contribution in [0.4, 0.5) is 5.69 Å². The lowest BCUT2D eigenvalue weighted by atomic mass is 9.89. The van der Waals surface area contributed by atoms with Gasteiger partial charge in [0.05, 0.1) is 6.04 Å². The lowest BCUT2D eigenvalue weighted by Gasteiger charge is -2.20. The van der Waals surface area contributed by atoms with E-state index in [1.54, 1.807) is 0 Å². The van der Waals surface area contributed by atoms with E-state index in [-0.39, 0.29) is 17.4 Å². The topological polar surface area (TPSA) is 32.3 Å². The number of hydrogen-bond donors (Lipinski definition) is 1. The highest BCUT2D eigenvalue weighted by atomic mass is 16.2. The van der Waals surface area contributed by atoms with Crippen molar-refractivity contribution in [2.24, 2.45) is 0 Å². The highest BCUT2D eigenvalue weighted by molar-refractivity contribution is 5.98. The molecule has 0 saturated heterocycles. The van der Waals surface area contributed by atoms with E-state index in [4.69, 9.17) is 0 Å². The maximum absolute atomic E-state index is 12.3. The number of amides is 1. The predicted octanol–water partition coefficient (Wildman–Crippen LogP) is 1.67. The fraction of sp³-hybridized carbons (Fsp3) is 0.500. The van der Waals surface area contributed by atoms with Gasteiger partial charge in [0.25, 0.3) is 0 Å². The zero-order valence-electron chi connectivity index (χ0n) is 10.4. The number of fused-ring (bicyclic) bond motifs is 2. The van der Waals surface area contributed by atoms with Gasteiger partial charge in [0, 0.05) is 12.7 Å². The van der Waals surface area contributed by atoms with Gasteiger partial charge in [0.1, 0.15) is 0 Å². The van der Waals surface area contributed by atoms with Crippen LogP contribution in [0.2, 0.25) is 0 Å². The maximum Gasteiger partial charge on any atom is 0.243 e. The molecule has 2 aliphatic rings. The quantitative estimate of drug-likeness (QED) is 0.796. The lowest BCUT2D eigenvalue weighted by molar-refractivity contribution is -0.120. The average molecular weight is 230 g/mol. The van der Waals surface area contributed by atoms with Crippen LogP contribution in [0.5, 0.6) is 0 Å². The molecule has 1 N–H and O–H groups in total. The number of nitrogens with zero attached hydrogens (tertiary/aromatic N) is 1. The Morgan fingerprint density at radius 3 is 2.71 bits per heavy atom. The normalized spacial score (nSPS) is 25.6. The van der Waals surface area contributed by atoms with Crippen LogP contribution in [0.15, 0.2) is 24.3 Å². The first-order chi connectivity index (χ1) is 8.18. The van der Waals surface area contributed by atoms with E-state index in [1.165, 1.54) is 18.4 Å². The molecule has 1 unspecified atom stereocenters. The molecule has 1 spiro atoms. The maximum atomic E-state index is 12.3. The molecule has 0 radical (unpaired) electrons. The van der Waals surface area contributed by atoms with Crippen molar-refractivity contribution in [1.29, 1.82) is 0 Å². The Balaban J connectivity index is 2.13. The van der Waals surface area contributed by atoms with Crippen molar-refractivity contribution in [3.05, 3.63) is 29.8 Å². The molecule has 0 bridgehead atoms. The summed E-state index contributed by atoms with van der Waals surface area (Å²) in [4.78, 5) is 14.1. The molecule has 1 aliphatic heterocycles. The molecule has 1 aromatic rings. The van der Waals surface area contributed by atoms with Crippen molar-refractivity contribution in [2.75, 3.05) is 19.0 Å². The minimum absolute atomic E-state index is 0.0464. The van der Waals surface area contributed by atoms with E-state index >= 15 is 0 Å². The Bertz CT molecular complexity index is 465. The third kappa shape index (κ3) is 1.49.